The average molecular weight is 729 g/mol. The van der Waals surface area contributed by atoms with Crippen molar-refractivity contribution in [2.75, 3.05) is 18.0 Å². The minimum Gasteiger partial charge on any atom is -0.497 e. The second-order valence-corrected chi connectivity index (χ2v) is 13.9. The number of benzene rings is 3. The predicted molar refractivity (Wildman–Crippen MR) is 186 cm³/mol. The Morgan fingerprint density at radius 2 is 1.76 bits per heavy atom. The van der Waals surface area contributed by atoms with Gasteiger partial charge >= 0.3 is 6.09 Å². The second kappa shape index (κ2) is 14.5. The van der Waals surface area contributed by atoms with Crippen LogP contribution in [-0.2, 0) is 29.5 Å². The lowest BCUT2D eigenvalue weighted by molar-refractivity contribution is 0.0506. The molecule has 1 amide bonds. The van der Waals surface area contributed by atoms with Gasteiger partial charge in [-0.15, -0.1) is 0 Å². The van der Waals surface area contributed by atoms with Gasteiger partial charge in [0.25, 0.3) is 16.8 Å². The van der Waals surface area contributed by atoms with Crippen LogP contribution in [0.3, 0.4) is 0 Å². The highest BCUT2D eigenvalue weighted by molar-refractivity contribution is 7.80. The first kappa shape index (κ1) is 36.4. The molecule has 0 saturated carbocycles. The van der Waals surface area contributed by atoms with Crippen LogP contribution in [0.1, 0.15) is 49.7 Å². The van der Waals surface area contributed by atoms with E-state index in [-0.39, 0.29) is 45.4 Å². The minimum absolute atomic E-state index is 0.0617. The summed E-state index contributed by atoms with van der Waals surface area (Å²) >= 11 is 4.19. The molecule has 0 radical (unpaired) electrons. The van der Waals surface area contributed by atoms with E-state index in [1.807, 2.05) is 12.1 Å². The van der Waals surface area contributed by atoms with Crippen molar-refractivity contribution in [3.05, 3.63) is 111 Å². The van der Waals surface area contributed by atoms with Gasteiger partial charge in [-0.05, 0) is 59.4 Å². The number of aromatic nitrogens is 4. The maximum Gasteiger partial charge on any atom is 0.405 e. The van der Waals surface area contributed by atoms with Gasteiger partial charge in [0, 0.05) is 37.8 Å². The highest BCUT2D eigenvalue weighted by Gasteiger charge is 2.40. The fourth-order valence-electron chi connectivity index (χ4n) is 6.12. The van der Waals surface area contributed by atoms with Gasteiger partial charge in [-0.3, -0.25) is 22.9 Å². The molecule has 5 aromatic rings. The summed E-state index contributed by atoms with van der Waals surface area (Å²) < 4.78 is 66.9. The average Bonchev–Trinajstić information content (AvgIpc) is 3.37. The van der Waals surface area contributed by atoms with E-state index in [1.165, 1.54) is 38.0 Å². The Bertz CT molecular complexity index is 2120. The molecule has 50 heavy (non-hydrogen) atoms. The first-order chi connectivity index (χ1) is 23.6. The van der Waals surface area contributed by atoms with Crippen LogP contribution >= 0.6 is 11.6 Å². The summed E-state index contributed by atoms with van der Waals surface area (Å²) in [6.45, 7) is 5.37. The van der Waals surface area contributed by atoms with Crippen molar-refractivity contribution in [2.24, 2.45) is 18.2 Å². The zero-order valence-electron chi connectivity index (χ0n) is 27.8. The number of halogens is 3. The van der Waals surface area contributed by atoms with Gasteiger partial charge in [0.05, 0.1) is 28.7 Å². The van der Waals surface area contributed by atoms with Crippen molar-refractivity contribution in [3.8, 4) is 11.4 Å². The van der Waals surface area contributed by atoms with Crippen molar-refractivity contribution < 1.29 is 31.8 Å². The molecular formula is C34H35ClF2N6O6S. The van der Waals surface area contributed by atoms with Crippen LogP contribution in [0.5, 0.6) is 5.75 Å². The van der Waals surface area contributed by atoms with E-state index in [4.69, 9.17) is 26.8 Å². The Labute approximate surface area is 293 Å². The van der Waals surface area contributed by atoms with Crippen LogP contribution in [0, 0.1) is 17.0 Å². The zero-order chi connectivity index (χ0) is 36.5. The molecule has 0 spiro atoms. The second-order valence-electron chi connectivity index (χ2n) is 12.5. The Balaban J connectivity index is 1.71. The van der Waals surface area contributed by atoms with Crippen molar-refractivity contribution >= 4 is 45.7 Å². The first-order valence-electron chi connectivity index (χ1n) is 15.3. The van der Waals surface area contributed by atoms with Crippen LogP contribution in [0.15, 0.2) is 71.7 Å². The number of rotatable bonds is 11. The van der Waals surface area contributed by atoms with E-state index in [0.717, 1.165) is 17.7 Å². The number of carbonyl (C=O) groups is 1. The number of nitrogens with two attached hydrogens (primary N) is 1. The standard InChI is InChI=1S/C34H35ClF2N6O6S/c1-34(2,3)28(20-16-21(36)18-22(37)17-20)30(49-33(38)45)32-39-14-12-26(44)43(32)25-11-10-24(35)27-29(25)41(4)40-31(27)42(50(46)47)15-13-19-6-8-23(48-5)9-7-19/h6-12,14,16-18,28,30H,13,15H2,1-5H3,(H2,38,45)(H,46,47). The largest absolute Gasteiger partial charge is 0.497 e. The molecule has 3 aromatic carbocycles. The number of anilines is 1. The highest BCUT2D eigenvalue weighted by atomic mass is 35.5. The lowest BCUT2D eigenvalue weighted by Gasteiger charge is -2.37. The van der Waals surface area contributed by atoms with Crippen LogP contribution in [0.25, 0.3) is 16.6 Å². The molecule has 0 aliphatic rings. The predicted octanol–water partition coefficient (Wildman–Crippen LogP) is 6.21. The van der Waals surface area contributed by atoms with Gasteiger partial charge < -0.3 is 15.2 Å². The SMILES string of the molecule is COc1ccc(CCN(c2nn(C)c3c(-n4c(C(OC(N)=O)C(c5cc(F)cc(F)c5)C(C)(C)C)nccc4=O)ccc(Cl)c23)S(=O)O)cc1. The Kier molecular flexibility index (Phi) is 10.6. The summed E-state index contributed by atoms with van der Waals surface area (Å²) in [7, 11) is 3.12. The lowest BCUT2D eigenvalue weighted by Crippen LogP contribution is -2.35. The Morgan fingerprint density at radius 1 is 1.10 bits per heavy atom. The molecule has 3 atom stereocenters. The minimum atomic E-state index is -2.54. The molecule has 3 unspecified atom stereocenters. The van der Waals surface area contributed by atoms with Crippen LogP contribution in [0.2, 0.25) is 5.02 Å². The fraction of sp³-hybridized carbons (Fsp3) is 0.294. The number of ether oxygens (including phenoxy) is 2. The number of methoxy groups -OCH3 is 1. The van der Waals surface area contributed by atoms with E-state index in [9.17, 15) is 27.1 Å². The molecule has 3 N–H and O–H groups in total. The maximum atomic E-state index is 14.6. The third-order valence-electron chi connectivity index (χ3n) is 8.18. The number of hydrogen-bond acceptors (Lipinski definition) is 7. The monoisotopic (exact) mass is 728 g/mol. The number of aryl methyl sites for hydroxylation is 1. The number of fused-ring (bicyclic) bond motifs is 1. The molecule has 5 rings (SSSR count). The van der Waals surface area contributed by atoms with Crippen LogP contribution < -0.4 is 20.3 Å². The molecule has 0 aliphatic heterocycles. The topological polar surface area (TPSA) is 155 Å². The number of hydrogen-bond donors (Lipinski definition) is 2. The van der Waals surface area contributed by atoms with Crippen LogP contribution in [0.4, 0.5) is 19.4 Å². The lowest BCUT2D eigenvalue weighted by atomic mass is 9.72. The third-order valence-corrected chi connectivity index (χ3v) is 9.22. The summed E-state index contributed by atoms with van der Waals surface area (Å²) in [5, 5.41) is 4.96. The summed E-state index contributed by atoms with van der Waals surface area (Å²) in [5.74, 6) is -2.08. The normalized spacial score (nSPS) is 13.5. The van der Waals surface area contributed by atoms with Crippen molar-refractivity contribution in [3.63, 3.8) is 0 Å². The molecule has 2 aromatic heterocycles. The number of nitrogens with zero attached hydrogens (tertiary/aromatic N) is 5. The Hall–Kier alpha value is -4.86. The fourth-order valence-corrected chi connectivity index (χ4v) is 6.88. The van der Waals surface area contributed by atoms with Crippen molar-refractivity contribution in [1.29, 1.82) is 0 Å². The number of amides is 1. The maximum absolute atomic E-state index is 14.6. The van der Waals surface area contributed by atoms with E-state index in [1.54, 1.807) is 47.1 Å². The van der Waals surface area contributed by atoms with Gasteiger partial charge in [0.15, 0.2) is 17.7 Å². The van der Waals surface area contributed by atoms with Crippen molar-refractivity contribution in [1.82, 2.24) is 19.3 Å². The molecule has 0 fully saturated rings. The Morgan fingerprint density at radius 3 is 2.34 bits per heavy atom. The zero-order valence-corrected chi connectivity index (χ0v) is 29.3. The highest BCUT2D eigenvalue weighted by Crippen LogP contribution is 2.46. The number of carbonyl (C=O) groups excluding carboxylic acids is 1. The van der Waals surface area contributed by atoms with Gasteiger partial charge in [0.2, 0.25) is 0 Å². The summed E-state index contributed by atoms with van der Waals surface area (Å²) in [5.41, 5.74) is 5.53. The number of primary amides is 1. The summed E-state index contributed by atoms with van der Waals surface area (Å²) in [6.07, 6.45) is -1.08. The molecule has 264 valence electrons. The van der Waals surface area contributed by atoms with E-state index in [0.29, 0.717) is 18.2 Å². The first-order valence-corrected chi connectivity index (χ1v) is 16.7. The molecule has 2 heterocycles. The smallest absolute Gasteiger partial charge is 0.405 e. The van der Waals surface area contributed by atoms with Gasteiger partial charge in [0.1, 0.15) is 17.4 Å². The van der Waals surface area contributed by atoms with Crippen LogP contribution in [-0.4, -0.2) is 47.8 Å². The van der Waals surface area contributed by atoms with Crippen molar-refractivity contribution in [2.45, 2.75) is 39.2 Å². The van der Waals surface area contributed by atoms with E-state index in [2.05, 4.69) is 10.1 Å². The molecule has 0 saturated heterocycles. The summed E-state index contributed by atoms with van der Waals surface area (Å²) in [4.78, 5) is 30.7. The molecule has 12 nitrogen and oxygen atoms in total. The third kappa shape index (κ3) is 7.49. The molecule has 16 heteroatoms. The van der Waals surface area contributed by atoms with Gasteiger partial charge in [-0.25, -0.2) is 22.8 Å². The van der Waals surface area contributed by atoms with E-state index < -0.39 is 52.0 Å². The van der Waals surface area contributed by atoms with Gasteiger partial charge in [-0.1, -0.05) is 44.5 Å². The molecular weight excluding hydrogens is 694 g/mol. The molecule has 0 bridgehead atoms. The van der Waals surface area contributed by atoms with E-state index >= 15 is 0 Å². The summed E-state index contributed by atoms with van der Waals surface area (Å²) in [6, 6.07) is 14.4. The molecule has 0 aliphatic carbocycles. The van der Waals surface area contributed by atoms with Gasteiger partial charge in [-0.2, -0.15) is 5.10 Å². The quantitative estimate of drug-likeness (QED) is 0.152.